The van der Waals surface area contributed by atoms with Crippen molar-refractivity contribution in [2.24, 2.45) is 4.99 Å². The van der Waals surface area contributed by atoms with Gasteiger partial charge in [-0.25, -0.2) is 4.39 Å². The van der Waals surface area contributed by atoms with E-state index in [9.17, 15) is 4.39 Å². The Kier molecular flexibility index (Phi) is 15.3. The van der Waals surface area contributed by atoms with Gasteiger partial charge in [0.25, 0.3) is 0 Å². The monoisotopic (exact) mass is 551 g/mol. The van der Waals surface area contributed by atoms with Crippen LogP contribution in [0, 0.1) is 32.0 Å². The third-order valence-corrected chi connectivity index (χ3v) is 6.25. The summed E-state index contributed by atoms with van der Waals surface area (Å²) in [7, 11) is 0. The first-order chi connectivity index (χ1) is 19.6. The molecule has 4 heteroatoms. The number of hydrogen-bond donors (Lipinski definition) is 2. The van der Waals surface area contributed by atoms with E-state index in [4.69, 9.17) is 6.42 Å². The first-order valence-electron chi connectivity index (χ1n) is 14.1. The van der Waals surface area contributed by atoms with Gasteiger partial charge < -0.3 is 10.6 Å². The second kappa shape index (κ2) is 18.1. The number of halogens is 1. The maximum Gasteiger partial charge on any atom is 0.149 e. The van der Waals surface area contributed by atoms with E-state index < -0.39 is 0 Å². The van der Waals surface area contributed by atoms with Gasteiger partial charge in [-0.2, -0.15) is 0 Å². The Morgan fingerprint density at radius 3 is 2.17 bits per heavy atom. The Morgan fingerprint density at radius 2 is 1.63 bits per heavy atom. The van der Waals surface area contributed by atoms with E-state index in [1.54, 1.807) is 19.2 Å². The van der Waals surface area contributed by atoms with E-state index in [0.29, 0.717) is 5.69 Å². The first-order valence-corrected chi connectivity index (χ1v) is 14.1. The fourth-order valence-corrected chi connectivity index (χ4v) is 3.91. The van der Waals surface area contributed by atoms with Crippen molar-refractivity contribution in [1.82, 2.24) is 0 Å². The van der Waals surface area contributed by atoms with Crippen LogP contribution in [0.25, 0.3) is 5.57 Å². The minimum absolute atomic E-state index is 0.283. The maximum atomic E-state index is 13.9. The topological polar surface area (TPSA) is 36.4 Å². The molecule has 0 saturated carbocycles. The van der Waals surface area contributed by atoms with Crippen LogP contribution in [0.5, 0.6) is 0 Å². The van der Waals surface area contributed by atoms with Gasteiger partial charge in [0.2, 0.25) is 0 Å². The highest BCUT2D eigenvalue weighted by atomic mass is 19.1. The smallest absolute Gasteiger partial charge is 0.149 e. The Hall–Kier alpha value is -4.36. The van der Waals surface area contributed by atoms with Crippen molar-refractivity contribution in [3.63, 3.8) is 0 Å². The largest absolute Gasteiger partial charge is 0.341 e. The van der Waals surface area contributed by atoms with Gasteiger partial charge in [-0.1, -0.05) is 70.5 Å². The lowest BCUT2D eigenvalue weighted by molar-refractivity contribution is 0.628. The van der Waals surface area contributed by atoms with Crippen molar-refractivity contribution < 1.29 is 4.39 Å². The molecule has 4 rings (SSSR count). The normalized spacial score (nSPS) is 11.6. The second-order valence-electron chi connectivity index (χ2n) is 9.39. The molecule has 2 N–H and O–H groups in total. The zero-order valence-corrected chi connectivity index (χ0v) is 26.1. The lowest BCUT2D eigenvalue weighted by atomic mass is 9.99. The number of terminal acetylenes is 1. The van der Waals surface area contributed by atoms with Crippen LogP contribution in [0.2, 0.25) is 0 Å². The molecule has 0 unspecified atom stereocenters. The van der Waals surface area contributed by atoms with Gasteiger partial charge >= 0.3 is 0 Å². The number of benzene rings is 3. The molecule has 0 amide bonds. The highest BCUT2D eigenvalue weighted by Crippen LogP contribution is 2.30. The average Bonchev–Trinajstić information content (AvgIpc) is 3.35. The summed E-state index contributed by atoms with van der Waals surface area (Å²) in [6, 6.07) is 17.9. The fraction of sp³-hybridized carbons (Fsp3) is 0.270. The Morgan fingerprint density at radius 1 is 1.00 bits per heavy atom. The minimum atomic E-state index is -0.283. The van der Waals surface area contributed by atoms with Crippen molar-refractivity contribution in [1.29, 1.82) is 0 Å². The average molecular weight is 552 g/mol. The molecule has 216 valence electrons. The number of anilines is 2. The number of hydrogen-bond acceptors (Lipinski definition) is 3. The predicted molar refractivity (Wildman–Crippen MR) is 181 cm³/mol. The Labute approximate surface area is 248 Å². The van der Waals surface area contributed by atoms with Gasteiger partial charge in [0, 0.05) is 11.8 Å². The standard InChI is InChI=1S/C15H18FN.C11H12.C9H10N2.C2H6/c1-6-10(3)12(5)13-8-11(4)15(17-7-2)14(16)9-13;1-3-5-11-8-6-10(4-2)7-9-11;1-6-3-4-8-9(5-6)11-7(2)10-8;1-2/h6-9H,1H2,2-5H3;2,6-9H,3,5H2,1H3;3-5,10-11H,2H2,1H3;1-2H3/b12-10+,17-7?;;;. The van der Waals surface area contributed by atoms with E-state index in [0.717, 1.165) is 51.5 Å². The van der Waals surface area contributed by atoms with Crippen LogP contribution in [-0.4, -0.2) is 6.21 Å². The van der Waals surface area contributed by atoms with Gasteiger partial charge in [-0.15, -0.1) is 6.42 Å². The zero-order valence-electron chi connectivity index (χ0n) is 26.1. The Balaban J connectivity index is 0.000000308. The zero-order chi connectivity index (χ0) is 30.9. The molecule has 0 aromatic heterocycles. The summed E-state index contributed by atoms with van der Waals surface area (Å²) >= 11 is 0. The summed E-state index contributed by atoms with van der Waals surface area (Å²) in [5, 5.41) is 6.25. The maximum absolute atomic E-state index is 13.9. The van der Waals surface area contributed by atoms with Crippen molar-refractivity contribution in [3.05, 3.63) is 119 Å². The van der Waals surface area contributed by atoms with Crippen LogP contribution in [0.15, 0.2) is 90.2 Å². The molecular formula is C37H46FN3. The third kappa shape index (κ3) is 11.0. The molecule has 0 atom stereocenters. The molecular weight excluding hydrogens is 505 g/mol. The summed E-state index contributed by atoms with van der Waals surface area (Å²) in [4.78, 5) is 4.03. The summed E-state index contributed by atoms with van der Waals surface area (Å²) in [6.45, 7) is 23.3. The SMILES string of the molecule is C#Cc1ccc(CCC)cc1.C=C/C(C)=C(\C)c1cc(C)c(N=CC)c(F)c1.C=C1Nc2ccc(C)cc2N1.CC. The summed E-state index contributed by atoms with van der Waals surface area (Å²) in [5.74, 6) is 3.17. The fourth-order valence-electron chi connectivity index (χ4n) is 3.91. The van der Waals surface area contributed by atoms with Gasteiger partial charge in [0.1, 0.15) is 17.3 Å². The summed E-state index contributed by atoms with van der Waals surface area (Å²) < 4.78 is 13.9. The van der Waals surface area contributed by atoms with Crippen molar-refractivity contribution in [3.8, 4) is 12.3 Å². The van der Waals surface area contributed by atoms with Crippen LogP contribution in [-0.2, 0) is 6.42 Å². The number of nitrogens with one attached hydrogen (secondary N) is 2. The number of aliphatic imine (C=N–C) groups is 1. The van der Waals surface area contributed by atoms with Crippen molar-refractivity contribution >= 4 is 28.8 Å². The number of allylic oxidation sites excluding steroid dienone is 3. The number of aryl methyl sites for hydroxylation is 3. The van der Waals surface area contributed by atoms with E-state index >= 15 is 0 Å². The number of fused-ring (bicyclic) bond motifs is 1. The molecule has 0 radical (unpaired) electrons. The lowest BCUT2D eigenvalue weighted by Crippen LogP contribution is -1.94. The first kappa shape index (κ1) is 34.7. The van der Waals surface area contributed by atoms with Gasteiger partial charge in [0.05, 0.1) is 11.4 Å². The van der Waals surface area contributed by atoms with Crippen LogP contribution in [0.4, 0.5) is 21.5 Å². The predicted octanol–water partition coefficient (Wildman–Crippen LogP) is 10.8. The lowest BCUT2D eigenvalue weighted by Gasteiger charge is -2.09. The van der Waals surface area contributed by atoms with Crippen LogP contribution in [0.3, 0.4) is 0 Å². The highest BCUT2D eigenvalue weighted by Gasteiger charge is 2.11. The molecule has 1 heterocycles. The molecule has 41 heavy (non-hydrogen) atoms. The highest BCUT2D eigenvalue weighted by molar-refractivity contribution is 5.79. The molecule has 0 spiro atoms. The van der Waals surface area contributed by atoms with Crippen LogP contribution < -0.4 is 10.6 Å². The van der Waals surface area contributed by atoms with Gasteiger partial charge in [-0.3, -0.25) is 4.99 Å². The molecule has 0 bridgehead atoms. The van der Waals surface area contributed by atoms with E-state index in [1.807, 2.05) is 52.8 Å². The molecule has 0 aliphatic carbocycles. The van der Waals surface area contributed by atoms with Crippen molar-refractivity contribution in [2.75, 3.05) is 10.6 Å². The van der Waals surface area contributed by atoms with E-state index in [1.165, 1.54) is 23.6 Å². The molecule has 1 aliphatic heterocycles. The molecule has 0 fully saturated rings. The molecule has 3 nitrogen and oxygen atoms in total. The summed E-state index contributed by atoms with van der Waals surface area (Å²) in [6.07, 6.45) is 10.9. The van der Waals surface area contributed by atoms with Crippen LogP contribution in [0.1, 0.15) is 75.8 Å². The quantitative estimate of drug-likeness (QED) is 0.188. The van der Waals surface area contributed by atoms with E-state index in [-0.39, 0.29) is 5.82 Å². The third-order valence-electron chi connectivity index (χ3n) is 6.25. The van der Waals surface area contributed by atoms with Crippen molar-refractivity contribution in [2.45, 2.75) is 68.2 Å². The summed E-state index contributed by atoms with van der Waals surface area (Å²) in [5.41, 5.74) is 10.0. The molecule has 1 aliphatic rings. The minimum Gasteiger partial charge on any atom is -0.341 e. The van der Waals surface area contributed by atoms with Gasteiger partial charge in [-0.05, 0) is 111 Å². The van der Waals surface area contributed by atoms with Gasteiger partial charge in [0.15, 0.2) is 0 Å². The van der Waals surface area contributed by atoms with Crippen LogP contribution >= 0.6 is 0 Å². The number of rotatable bonds is 5. The second-order valence-corrected chi connectivity index (χ2v) is 9.39. The molecule has 3 aromatic carbocycles. The Bertz CT molecular complexity index is 1380. The molecule has 0 saturated heterocycles. The molecule has 3 aromatic rings. The number of nitrogens with zero attached hydrogens (tertiary/aromatic N) is 1. The van der Waals surface area contributed by atoms with E-state index in [2.05, 4.69) is 78.9 Å².